The molecule has 0 aliphatic carbocycles. The van der Waals surface area contributed by atoms with Gasteiger partial charge in [0, 0.05) is 37.7 Å². The van der Waals surface area contributed by atoms with Crippen LogP contribution < -0.4 is 15.4 Å². The molecule has 1 aliphatic rings. The third-order valence-electron chi connectivity index (χ3n) is 5.81. The molecule has 3 rings (SSSR count). The van der Waals surface area contributed by atoms with Crippen LogP contribution in [-0.4, -0.2) is 49.8 Å². The van der Waals surface area contributed by atoms with Crippen LogP contribution in [0.3, 0.4) is 0 Å². The number of methoxy groups -OCH3 is 1. The number of guanidine groups is 1. The fourth-order valence-corrected chi connectivity index (χ4v) is 4.15. The van der Waals surface area contributed by atoms with Gasteiger partial charge in [0.25, 0.3) is 0 Å². The molecule has 2 aromatic rings. The second kappa shape index (κ2) is 11.0. The monoisotopic (exact) mass is 413 g/mol. The summed E-state index contributed by atoms with van der Waals surface area (Å²) in [6.45, 7) is 7.81. The molecule has 7 heteroatoms. The minimum atomic E-state index is 0.232. The normalized spacial score (nSPS) is 15.9. The van der Waals surface area contributed by atoms with E-state index in [1.54, 1.807) is 14.2 Å². The van der Waals surface area contributed by atoms with Gasteiger partial charge in [-0.3, -0.25) is 9.89 Å². The number of likely N-dealkylation sites (tertiary alicyclic amines) is 1. The highest BCUT2D eigenvalue weighted by Gasteiger charge is 2.26. The highest BCUT2D eigenvalue weighted by Crippen LogP contribution is 2.31. The Morgan fingerprint density at radius 1 is 1.20 bits per heavy atom. The van der Waals surface area contributed by atoms with Crippen molar-refractivity contribution in [1.29, 1.82) is 0 Å². The topological polar surface area (TPSA) is 74.9 Å². The largest absolute Gasteiger partial charge is 0.496 e. The molecule has 164 valence electrons. The van der Waals surface area contributed by atoms with Gasteiger partial charge in [0.2, 0.25) is 0 Å². The first kappa shape index (κ1) is 22.2. The molecule has 0 saturated carbocycles. The van der Waals surface area contributed by atoms with Gasteiger partial charge in [-0.2, -0.15) is 0 Å². The van der Waals surface area contributed by atoms with Crippen LogP contribution in [0.2, 0.25) is 0 Å². The Kier molecular flexibility index (Phi) is 8.13. The van der Waals surface area contributed by atoms with E-state index < -0.39 is 0 Å². The highest BCUT2D eigenvalue weighted by molar-refractivity contribution is 5.79. The summed E-state index contributed by atoms with van der Waals surface area (Å²) in [7, 11) is 3.54. The molecular formula is C23H35N5O2. The predicted octanol–water partition coefficient (Wildman–Crippen LogP) is 3.31. The fourth-order valence-electron chi connectivity index (χ4n) is 4.15. The number of nitrogens with one attached hydrogen (secondary N) is 2. The Morgan fingerprint density at radius 3 is 2.63 bits per heavy atom. The van der Waals surface area contributed by atoms with Crippen molar-refractivity contribution in [3.63, 3.8) is 0 Å². The predicted molar refractivity (Wildman–Crippen MR) is 120 cm³/mol. The molecule has 1 aliphatic heterocycles. The van der Waals surface area contributed by atoms with E-state index in [9.17, 15) is 0 Å². The number of ether oxygens (including phenoxy) is 1. The average molecular weight is 414 g/mol. The quantitative estimate of drug-likeness (QED) is 0.485. The van der Waals surface area contributed by atoms with Crippen LogP contribution in [0.15, 0.2) is 33.8 Å². The molecule has 30 heavy (non-hydrogen) atoms. The van der Waals surface area contributed by atoms with E-state index in [1.807, 2.05) is 12.1 Å². The number of aryl methyl sites for hydroxylation is 2. The Labute approximate surface area is 179 Å². The lowest BCUT2D eigenvalue weighted by Gasteiger charge is -2.30. The lowest BCUT2D eigenvalue weighted by molar-refractivity contribution is 0.239. The van der Waals surface area contributed by atoms with Crippen molar-refractivity contribution in [2.45, 2.75) is 52.1 Å². The number of aromatic nitrogens is 1. The lowest BCUT2D eigenvalue weighted by atomic mass is 10.0. The molecule has 0 amide bonds. The van der Waals surface area contributed by atoms with E-state index in [0.717, 1.165) is 61.2 Å². The van der Waals surface area contributed by atoms with Crippen LogP contribution in [0, 0.1) is 0 Å². The lowest BCUT2D eigenvalue weighted by Crippen LogP contribution is -2.42. The van der Waals surface area contributed by atoms with Gasteiger partial charge in [-0.25, -0.2) is 0 Å². The minimum Gasteiger partial charge on any atom is -0.496 e. The van der Waals surface area contributed by atoms with E-state index in [1.165, 1.54) is 18.4 Å². The maximum absolute atomic E-state index is 5.65. The maximum atomic E-state index is 5.65. The van der Waals surface area contributed by atoms with Crippen LogP contribution in [0.1, 0.15) is 55.3 Å². The summed E-state index contributed by atoms with van der Waals surface area (Å²) in [6, 6.07) is 8.54. The Balaban J connectivity index is 1.69. The van der Waals surface area contributed by atoms with E-state index in [2.05, 4.69) is 51.7 Å². The molecule has 1 aromatic heterocycles. The van der Waals surface area contributed by atoms with Gasteiger partial charge >= 0.3 is 0 Å². The number of rotatable bonds is 9. The first-order valence-electron chi connectivity index (χ1n) is 11.0. The fraction of sp³-hybridized carbons (Fsp3) is 0.565. The zero-order valence-corrected chi connectivity index (χ0v) is 18.7. The standard InChI is InChI=1S/C23H35N5O2/c1-5-19-18(21(6-2)30-27-19)15-25-23(24-3)26-16-20(28-13-9-10-14-28)17-11-7-8-12-22(17)29-4/h7-8,11-12,20H,5-6,9-10,13-16H2,1-4H3,(H2,24,25,26). The molecule has 7 nitrogen and oxygen atoms in total. The Morgan fingerprint density at radius 2 is 1.97 bits per heavy atom. The van der Waals surface area contributed by atoms with Crippen molar-refractivity contribution in [2.24, 2.45) is 4.99 Å². The van der Waals surface area contributed by atoms with Crippen molar-refractivity contribution < 1.29 is 9.26 Å². The van der Waals surface area contributed by atoms with E-state index in [0.29, 0.717) is 6.54 Å². The molecule has 2 heterocycles. The van der Waals surface area contributed by atoms with Gasteiger partial charge in [-0.05, 0) is 38.4 Å². The van der Waals surface area contributed by atoms with Crippen LogP contribution in [0.5, 0.6) is 5.75 Å². The van der Waals surface area contributed by atoms with Crippen LogP contribution in [-0.2, 0) is 19.4 Å². The van der Waals surface area contributed by atoms with Crippen LogP contribution in [0.4, 0.5) is 0 Å². The van der Waals surface area contributed by atoms with Crippen LogP contribution in [0.25, 0.3) is 0 Å². The molecule has 1 aromatic carbocycles. The summed E-state index contributed by atoms with van der Waals surface area (Å²) in [4.78, 5) is 6.96. The van der Waals surface area contributed by atoms with E-state index in [4.69, 9.17) is 9.26 Å². The van der Waals surface area contributed by atoms with Crippen molar-refractivity contribution >= 4 is 5.96 Å². The summed E-state index contributed by atoms with van der Waals surface area (Å²) in [5.41, 5.74) is 3.37. The SMILES string of the molecule is CCc1noc(CC)c1CNC(=NC)NCC(c1ccccc1OC)N1CCCC1. The maximum Gasteiger partial charge on any atom is 0.191 e. The number of nitrogens with zero attached hydrogens (tertiary/aromatic N) is 3. The number of aliphatic imine (C=N–C) groups is 1. The summed E-state index contributed by atoms with van der Waals surface area (Å²) in [5, 5.41) is 11.2. The van der Waals surface area contributed by atoms with Crippen molar-refractivity contribution in [3.05, 3.63) is 46.8 Å². The summed E-state index contributed by atoms with van der Waals surface area (Å²) < 4.78 is 11.1. The van der Waals surface area contributed by atoms with Crippen molar-refractivity contribution in [3.8, 4) is 5.75 Å². The zero-order valence-electron chi connectivity index (χ0n) is 18.7. The van der Waals surface area contributed by atoms with Crippen molar-refractivity contribution in [2.75, 3.05) is 33.8 Å². The number of hydrogen-bond acceptors (Lipinski definition) is 5. The van der Waals surface area contributed by atoms with E-state index in [-0.39, 0.29) is 6.04 Å². The molecule has 1 fully saturated rings. The molecule has 2 N–H and O–H groups in total. The molecule has 1 saturated heterocycles. The van der Waals surface area contributed by atoms with Crippen molar-refractivity contribution in [1.82, 2.24) is 20.7 Å². The molecule has 1 unspecified atom stereocenters. The van der Waals surface area contributed by atoms with Gasteiger partial charge in [0.15, 0.2) is 5.96 Å². The van der Waals surface area contributed by atoms with Crippen LogP contribution >= 0.6 is 0 Å². The first-order chi connectivity index (χ1) is 14.7. The second-order valence-electron chi connectivity index (χ2n) is 7.55. The molecule has 0 bridgehead atoms. The van der Waals surface area contributed by atoms with Gasteiger partial charge in [0.05, 0.1) is 18.8 Å². The zero-order chi connectivity index (χ0) is 21.3. The Hall–Kier alpha value is -2.54. The average Bonchev–Trinajstić information content (AvgIpc) is 3.46. The second-order valence-corrected chi connectivity index (χ2v) is 7.55. The number of benzene rings is 1. The highest BCUT2D eigenvalue weighted by atomic mass is 16.5. The molecule has 1 atom stereocenters. The Bertz CT molecular complexity index is 805. The molecule has 0 radical (unpaired) electrons. The number of para-hydroxylation sites is 1. The third kappa shape index (κ3) is 5.14. The minimum absolute atomic E-state index is 0.232. The summed E-state index contributed by atoms with van der Waals surface area (Å²) in [5.74, 6) is 2.65. The van der Waals surface area contributed by atoms with E-state index >= 15 is 0 Å². The first-order valence-corrected chi connectivity index (χ1v) is 11.0. The van der Waals surface area contributed by atoms with Gasteiger partial charge in [-0.15, -0.1) is 0 Å². The summed E-state index contributed by atoms with van der Waals surface area (Å²) >= 11 is 0. The van der Waals surface area contributed by atoms with Gasteiger partial charge in [0.1, 0.15) is 11.5 Å². The van der Waals surface area contributed by atoms with Gasteiger partial charge < -0.3 is 19.9 Å². The molecular weight excluding hydrogens is 378 g/mol. The summed E-state index contributed by atoms with van der Waals surface area (Å²) in [6.07, 6.45) is 4.18. The number of hydrogen-bond donors (Lipinski definition) is 2. The smallest absolute Gasteiger partial charge is 0.191 e. The molecule has 0 spiro atoms. The third-order valence-corrected chi connectivity index (χ3v) is 5.81. The van der Waals surface area contributed by atoms with Gasteiger partial charge in [-0.1, -0.05) is 37.2 Å².